The Labute approximate surface area is 179 Å². The summed E-state index contributed by atoms with van der Waals surface area (Å²) in [6.07, 6.45) is 5.92. The molecule has 1 amide bonds. The molecule has 3 heterocycles. The van der Waals surface area contributed by atoms with E-state index < -0.39 is 11.7 Å². The van der Waals surface area contributed by atoms with Crippen LogP contribution in [-0.4, -0.2) is 39.2 Å². The predicted octanol–water partition coefficient (Wildman–Crippen LogP) is 2.96. The zero-order valence-electron chi connectivity index (χ0n) is 18.1. The Balaban J connectivity index is 1.85. The number of nitrogens with zero attached hydrogens (tertiary/aromatic N) is 3. The molecule has 1 saturated carbocycles. The van der Waals surface area contributed by atoms with Crippen LogP contribution in [0.15, 0.2) is 30.7 Å². The molecule has 1 aliphatic carbocycles. The van der Waals surface area contributed by atoms with Crippen molar-refractivity contribution in [2.45, 2.75) is 45.2 Å². The van der Waals surface area contributed by atoms with E-state index in [4.69, 9.17) is 16.2 Å². The molecule has 8 nitrogen and oxygen atoms in total. The Morgan fingerprint density at radius 3 is 2.68 bits per heavy atom. The van der Waals surface area contributed by atoms with E-state index in [1.807, 2.05) is 6.92 Å². The number of halogens is 1. The van der Waals surface area contributed by atoms with Crippen molar-refractivity contribution in [2.75, 3.05) is 12.4 Å². The third-order valence-corrected chi connectivity index (χ3v) is 6.87. The van der Waals surface area contributed by atoms with E-state index in [0.717, 1.165) is 19.0 Å². The van der Waals surface area contributed by atoms with Gasteiger partial charge in [-0.05, 0) is 25.8 Å². The molecule has 0 unspecified atom stereocenters. The van der Waals surface area contributed by atoms with E-state index in [2.05, 4.69) is 29.2 Å². The number of amides is 1. The van der Waals surface area contributed by atoms with E-state index >= 15 is 0 Å². The Morgan fingerprint density at radius 2 is 2.06 bits per heavy atom. The number of nitrogens with one attached hydrogen (secondary N) is 1. The first kappa shape index (κ1) is 21.0. The van der Waals surface area contributed by atoms with Crippen LogP contribution in [0.25, 0.3) is 16.6 Å². The number of methoxy groups -OCH3 is 1. The quantitative estimate of drug-likeness (QED) is 0.577. The smallest absolute Gasteiger partial charge is 0.252 e. The molecule has 0 aliphatic heterocycles. The van der Waals surface area contributed by atoms with E-state index in [0.29, 0.717) is 28.2 Å². The standard InChI is InChI=1S/C22H27FN6O2/c1-21(2)17(5-6-22(21,3)25)28-19-14(20(24)30)9-27-29-11-12(7-16(19)29)13-8-18(31-4)26-10-15(13)23/h7-11,17,28H,5-6,25H2,1-4H3,(H2,24,30)/t17-,22+/m1/s1. The van der Waals surface area contributed by atoms with Crippen molar-refractivity contribution in [3.8, 4) is 17.0 Å². The first-order valence-corrected chi connectivity index (χ1v) is 10.1. The normalized spacial score (nSPS) is 22.6. The van der Waals surface area contributed by atoms with E-state index in [-0.39, 0.29) is 22.6 Å². The first-order valence-electron chi connectivity index (χ1n) is 10.1. The van der Waals surface area contributed by atoms with Crippen molar-refractivity contribution < 1.29 is 13.9 Å². The molecule has 5 N–H and O–H groups in total. The number of primary amides is 1. The molecular formula is C22H27FN6O2. The van der Waals surface area contributed by atoms with Crippen LogP contribution in [0.2, 0.25) is 0 Å². The molecule has 31 heavy (non-hydrogen) atoms. The summed E-state index contributed by atoms with van der Waals surface area (Å²) in [7, 11) is 1.47. The molecule has 164 valence electrons. The van der Waals surface area contributed by atoms with Gasteiger partial charge in [0.25, 0.3) is 5.91 Å². The van der Waals surface area contributed by atoms with Gasteiger partial charge < -0.3 is 21.5 Å². The topological polar surface area (TPSA) is 121 Å². The van der Waals surface area contributed by atoms with Crippen molar-refractivity contribution >= 4 is 17.1 Å². The molecule has 0 saturated heterocycles. The highest BCUT2D eigenvalue weighted by Crippen LogP contribution is 2.46. The summed E-state index contributed by atoms with van der Waals surface area (Å²) < 4.78 is 21.2. The lowest BCUT2D eigenvalue weighted by atomic mass is 9.75. The first-order chi connectivity index (χ1) is 14.5. The minimum atomic E-state index is -0.594. The molecule has 0 bridgehead atoms. The van der Waals surface area contributed by atoms with Gasteiger partial charge in [0.15, 0.2) is 0 Å². The second-order valence-corrected chi connectivity index (χ2v) is 8.94. The van der Waals surface area contributed by atoms with Crippen molar-refractivity contribution in [2.24, 2.45) is 16.9 Å². The molecule has 0 radical (unpaired) electrons. The maximum Gasteiger partial charge on any atom is 0.252 e. The maximum absolute atomic E-state index is 14.5. The second-order valence-electron chi connectivity index (χ2n) is 8.94. The molecule has 1 aliphatic rings. The third kappa shape index (κ3) is 3.38. The molecule has 2 atom stereocenters. The van der Waals surface area contributed by atoms with Crippen LogP contribution >= 0.6 is 0 Å². The van der Waals surface area contributed by atoms with E-state index in [1.54, 1.807) is 16.8 Å². The van der Waals surface area contributed by atoms with Gasteiger partial charge in [0, 0.05) is 40.4 Å². The van der Waals surface area contributed by atoms with Crippen LogP contribution in [0.1, 0.15) is 44.0 Å². The molecule has 0 spiro atoms. The van der Waals surface area contributed by atoms with Gasteiger partial charge in [-0.1, -0.05) is 13.8 Å². The van der Waals surface area contributed by atoms with Crippen molar-refractivity contribution in [1.29, 1.82) is 0 Å². The average molecular weight is 426 g/mol. The SMILES string of the molecule is COc1cc(-c2cc3c(N[C@@H]4CC[C@](C)(N)C4(C)C)c(C(N)=O)cnn3c2)c(F)cn1. The fourth-order valence-electron chi connectivity index (χ4n) is 4.25. The molecule has 1 fully saturated rings. The van der Waals surface area contributed by atoms with E-state index in [1.165, 1.54) is 19.4 Å². The summed E-state index contributed by atoms with van der Waals surface area (Å²) in [4.78, 5) is 16.1. The zero-order valence-corrected chi connectivity index (χ0v) is 18.1. The second kappa shape index (κ2) is 7.19. The minimum Gasteiger partial charge on any atom is -0.481 e. The summed E-state index contributed by atoms with van der Waals surface area (Å²) in [5, 5.41) is 7.81. The number of aromatic nitrogens is 3. The van der Waals surface area contributed by atoms with Gasteiger partial charge >= 0.3 is 0 Å². The minimum absolute atomic E-state index is 0.0166. The van der Waals surface area contributed by atoms with Crippen LogP contribution in [0.4, 0.5) is 10.1 Å². The van der Waals surface area contributed by atoms with Gasteiger partial charge in [-0.15, -0.1) is 0 Å². The van der Waals surface area contributed by atoms with Crippen LogP contribution < -0.4 is 21.5 Å². The van der Waals surface area contributed by atoms with Crippen molar-refractivity contribution in [1.82, 2.24) is 14.6 Å². The van der Waals surface area contributed by atoms with Gasteiger partial charge in [-0.3, -0.25) is 4.79 Å². The number of hydrogen-bond donors (Lipinski definition) is 3. The van der Waals surface area contributed by atoms with Gasteiger partial charge in [0.1, 0.15) is 5.82 Å². The highest BCUT2D eigenvalue weighted by Gasteiger charge is 2.49. The number of carbonyl (C=O) groups excluding carboxylic acids is 1. The molecule has 3 aromatic heterocycles. The summed E-state index contributed by atoms with van der Waals surface area (Å²) in [5.74, 6) is -0.786. The summed E-state index contributed by atoms with van der Waals surface area (Å²) >= 11 is 0. The zero-order chi connectivity index (χ0) is 22.6. The summed E-state index contributed by atoms with van der Waals surface area (Å²) in [6, 6.07) is 3.30. The number of pyridine rings is 1. The lowest BCUT2D eigenvalue weighted by Crippen LogP contribution is -2.51. The fourth-order valence-corrected chi connectivity index (χ4v) is 4.25. The maximum atomic E-state index is 14.5. The Morgan fingerprint density at radius 1 is 1.32 bits per heavy atom. The number of carbonyl (C=O) groups is 1. The summed E-state index contributed by atoms with van der Waals surface area (Å²) in [6.45, 7) is 6.27. The average Bonchev–Trinajstić information content (AvgIpc) is 3.22. The Hall–Kier alpha value is -3.20. The molecule has 3 aromatic rings. The largest absolute Gasteiger partial charge is 0.481 e. The van der Waals surface area contributed by atoms with Gasteiger partial charge in [0.05, 0.1) is 36.3 Å². The lowest BCUT2D eigenvalue weighted by molar-refractivity contribution is 0.100. The molecule has 0 aromatic carbocycles. The van der Waals surface area contributed by atoms with Crippen molar-refractivity contribution in [3.05, 3.63) is 42.1 Å². The number of ether oxygens (including phenoxy) is 1. The van der Waals surface area contributed by atoms with Gasteiger partial charge in [-0.2, -0.15) is 5.10 Å². The Kier molecular flexibility index (Phi) is 4.88. The third-order valence-electron chi connectivity index (χ3n) is 6.87. The molecular weight excluding hydrogens is 399 g/mol. The van der Waals surface area contributed by atoms with Crippen LogP contribution in [0.5, 0.6) is 5.88 Å². The highest BCUT2D eigenvalue weighted by molar-refractivity contribution is 6.02. The van der Waals surface area contributed by atoms with Gasteiger partial charge in [0.2, 0.25) is 5.88 Å². The van der Waals surface area contributed by atoms with Crippen LogP contribution in [0, 0.1) is 11.2 Å². The Bertz CT molecular complexity index is 1170. The number of nitrogens with two attached hydrogens (primary N) is 2. The van der Waals surface area contributed by atoms with Crippen molar-refractivity contribution in [3.63, 3.8) is 0 Å². The monoisotopic (exact) mass is 426 g/mol. The highest BCUT2D eigenvalue weighted by atomic mass is 19.1. The summed E-state index contributed by atoms with van der Waals surface area (Å²) in [5.41, 5.74) is 13.9. The van der Waals surface area contributed by atoms with Crippen LogP contribution in [0.3, 0.4) is 0 Å². The fraction of sp³-hybridized carbons (Fsp3) is 0.409. The predicted molar refractivity (Wildman–Crippen MR) is 116 cm³/mol. The van der Waals surface area contributed by atoms with Gasteiger partial charge in [-0.25, -0.2) is 13.9 Å². The van der Waals surface area contributed by atoms with E-state index in [9.17, 15) is 9.18 Å². The molecule has 4 rings (SSSR count). The number of fused-ring (bicyclic) bond motifs is 1. The number of rotatable bonds is 5. The van der Waals surface area contributed by atoms with Crippen LogP contribution in [-0.2, 0) is 0 Å². The number of hydrogen-bond acceptors (Lipinski definition) is 6. The number of anilines is 1. The molecule has 9 heteroatoms. The lowest BCUT2D eigenvalue weighted by Gasteiger charge is -2.39.